The maximum Gasteiger partial charge on any atom is 0.0908 e. The zero-order chi connectivity index (χ0) is 6.85. The van der Waals surface area contributed by atoms with E-state index in [-0.39, 0.29) is 0 Å². The second-order valence-corrected chi connectivity index (χ2v) is 2.92. The van der Waals surface area contributed by atoms with Crippen LogP contribution in [0.1, 0.15) is 20.8 Å². The van der Waals surface area contributed by atoms with Crippen LogP contribution >= 0.6 is 0 Å². The van der Waals surface area contributed by atoms with Crippen LogP contribution in [0.15, 0.2) is 11.8 Å². The molecule has 0 bridgehead atoms. The van der Waals surface area contributed by atoms with E-state index in [2.05, 4.69) is 19.9 Å². The van der Waals surface area contributed by atoms with E-state index in [4.69, 9.17) is 4.74 Å². The molecule has 1 nitrogen and oxygen atoms in total. The third-order valence-corrected chi connectivity index (χ3v) is 1.97. The highest BCUT2D eigenvalue weighted by Crippen LogP contribution is 2.20. The average molecular weight is 126 g/mol. The first kappa shape index (κ1) is 6.66. The molecule has 52 valence electrons. The molecule has 1 heteroatoms. The van der Waals surface area contributed by atoms with Crippen molar-refractivity contribution in [2.75, 3.05) is 6.61 Å². The van der Waals surface area contributed by atoms with Crippen molar-refractivity contribution in [1.29, 1.82) is 0 Å². The summed E-state index contributed by atoms with van der Waals surface area (Å²) in [5.74, 6) is 2.47. The SMILES string of the molecule is CC1=CC(C)C(C)CO1. The highest BCUT2D eigenvalue weighted by atomic mass is 16.5. The second-order valence-electron chi connectivity index (χ2n) is 2.92. The van der Waals surface area contributed by atoms with E-state index in [1.165, 1.54) is 0 Å². The highest BCUT2D eigenvalue weighted by Gasteiger charge is 2.15. The van der Waals surface area contributed by atoms with Gasteiger partial charge in [0, 0.05) is 0 Å². The molecule has 0 radical (unpaired) electrons. The van der Waals surface area contributed by atoms with E-state index in [1.807, 2.05) is 6.92 Å². The molecule has 0 N–H and O–H groups in total. The lowest BCUT2D eigenvalue weighted by atomic mass is 9.94. The summed E-state index contributed by atoms with van der Waals surface area (Å²) in [5.41, 5.74) is 0. The van der Waals surface area contributed by atoms with Gasteiger partial charge in [0.2, 0.25) is 0 Å². The van der Waals surface area contributed by atoms with E-state index in [0.717, 1.165) is 12.4 Å². The standard InChI is InChI=1S/C8H14O/c1-6-4-8(3)9-5-7(6)2/h4,6-7H,5H2,1-3H3. The lowest BCUT2D eigenvalue weighted by Crippen LogP contribution is -2.17. The van der Waals surface area contributed by atoms with Gasteiger partial charge in [-0.2, -0.15) is 0 Å². The van der Waals surface area contributed by atoms with Gasteiger partial charge in [0.15, 0.2) is 0 Å². The molecule has 1 rings (SSSR count). The van der Waals surface area contributed by atoms with Crippen LogP contribution < -0.4 is 0 Å². The lowest BCUT2D eigenvalue weighted by molar-refractivity contribution is 0.132. The number of hydrogen-bond acceptors (Lipinski definition) is 1. The summed E-state index contributed by atoms with van der Waals surface area (Å²) in [7, 11) is 0. The molecule has 2 atom stereocenters. The Balaban J connectivity index is 2.58. The second kappa shape index (κ2) is 2.42. The molecule has 1 aliphatic heterocycles. The van der Waals surface area contributed by atoms with E-state index in [0.29, 0.717) is 11.8 Å². The van der Waals surface area contributed by atoms with E-state index in [9.17, 15) is 0 Å². The summed E-state index contributed by atoms with van der Waals surface area (Å²) < 4.78 is 5.32. The van der Waals surface area contributed by atoms with Gasteiger partial charge in [-0.15, -0.1) is 0 Å². The number of ether oxygens (including phenoxy) is 1. The zero-order valence-electron chi connectivity index (χ0n) is 6.35. The van der Waals surface area contributed by atoms with Gasteiger partial charge in [0.25, 0.3) is 0 Å². The van der Waals surface area contributed by atoms with E-state index in [1.54, 1.807) is 0 Å². The van der Waals surface area contributed by atoms with Crippen LogP contribution in [0.25, 0.3) is 0 Å². The van der Waals surface area contributed by atoms with Crippen molar-refractivity contribution >= 4 is 0 Å². The Morgan fingerprint density at radius 3 is 2.67 bits per heavy atom. The van der Waals surface area contributed by atoms with Crippen LogP contribution in [0.4, 0.5) is 0 Å². The van der Waals surface area contributed by atoms with Crippen LogP contribution in [-0.4, -0.2) is 6.61 Å². The minimum atomic E-state index is 0.689. The molecule has 0 saturated carbocycles. The zero-order valence-corrected chi connectivity index (χ0v) is 6.35. The van der Waals surface area contributed by atoms with Gasteiger partial charge in [-0.1, -0.05) is 13.8 Å². The first-order chi connectivity index (χ1) is 4.20. The number of rotatable bonds is 0. The third-order valence-electron chi connectivity index (χ3n) is 1.97. The molecule has 0 aromatic carbocycles. The Hall–Kier alpha value is -0.460. The molecule has 0 aliphatic carbocycles. The topological polar surface area (TPSA) is 9.23 Å². The van der Waals surface area contributed by atoms with Gasteiger partial charge < -0.3 is 4.74 Å². The average Bonchev–Trinajstić information content (AvgIpc) is 1.80. The quantitative estimate of drug-likeness (QED) is 0.483. The molecule has 0 saturated heterocycles. The molecule has 9 heavy (non-hydrogen) atoms. The van der Waals surface area contributed by atoms with Crippen LogP contribution in [-0.2, 0) is 4.74 Å². The summed E-state index contributed by atoms with van der Waals surface area (Å²) in [6.45, 7) is 7.36. The summed E-state index contributed by atoms with van der Waals surface area (Å²) in [6, 6.07) is 0. The summed E-state index contributed by atoms with van der Waals surface area (Å²) in [6.07, 6.45) is 2.19. The first-order valence-electron chi connectivity index (χ1n) is 3.51. The molecule has 0 fully saturated rings. The van der Waals surface area contributed by atoms with Crippen molar-refractivity contribution in [3.63, 3.8) is 0 Å². The monoisotopic (exact) mass is 126 g/mol. The fourth-order valence-electron chi connectivity index (χ4n) is 0.997. The minimum absolute atomic E-state index is 0.689. The maximum atomic E-state index is 5.32. The van der Waals surface area contributed by atoms with Crippen molar-refractivity contribution in [2.45, 2.75) is 20.8 Å². The van der Waals surface area contributed by atoms with Gasteiger partial charge in [-0.25, -0.2) is 0 Å². The number of allylic oxidation sites excluding steroid dienone is 2. The molecule has 0 aromatic heterocycles. The largest absolute Gasteiger partial charge is 0.498 e. The molecule has 1 aliphatic rings. The lowest BCUT2D eigenvalue weighted by Gasteiger charge is -2.23. The van der Waals surface area contributed by atoms with Gasteiger partial charge >= 0.3 is 0 Å². The van der Waals surface area contributed by atoms with E-state index >= 15 is 0 Å². The van der Waals surface area contributed by atoms with Crippen molar-refractivity contribution < 1.29 is 4.74 Å². The van der Waals surface area contributed by atoms with Crippen LogP contribution in [0, 0.1) is 11.8 Å². The summed E-state index contributed by atoms with van der Waals surface area (Å²) in [4.78, 5) is 0. The van der Waals surface area contributed by atoms with Gasteiger partial charge in [-0.3, -0.25) is 0 Å². The Kier molecular flexibility index (Phi) is 1.79. The molecular formula is C8H14O. The summed E-state index contributed by atoms with van der Waals surface area (Å²) in [5, 5.41) is 0. The van der Waals surface area contributed by atoms with Gasteiger partial charge in [-0.05, 0) is 24.8 Å². The predicted octanol–water partition coefficient (Wildman–Crippen LogP) is 2.19. The minimum Gasteiger partial charge on any atom is -0.498 e. The molecule has 0 amide bonds. The normalized spacial score (nSPS) is 35.2. The van der Waals surface area contributed by atoms with Crippen molar-refractivity contribution in [3.05, 3.63) is 11.8 Å². The van der Waals surface area contributed by atoms with Crippen molar-refractivity contribution in [3.8, 4) is 0 Å². The predicted molar refractivity (Wildman–Crippen MR) is 38.0 cm³/mol. The highest BCUT2D eigenvalue weighted by molar-refractivity contribution is 4.97. The smallest absolute Gasteiger partial charge is 0.0908 e. The van der Waals surface area contributed by atoms with Crippen LogP contribution in [0.5, 0.6) is 0 Å². The fraction of sp³-hybridized carbons (Fsp3) is 0.750. The van der Waals surface area contributed by atoms with Crippen molar-refractivity contribution in [2.24, 2.45) is 11.8 Å². The Labute approximate surface area is 56.7 Å². The maximum absolute atomic E-state index is 5.32. The summed E-state index contributed by atoms with van der Waals surface area (Å²) >= 11 is 0. The molecular weight excluding hydrogens is 112 g/mol. The number of hydrogen-bond donors (Lipinski definition) is 0. The third kappa shape index (κ3) is 1.47. The fourth-order valence-corrected chi connectivity index (χ4v) is 0.997. The van der Waals surface area contributed by atoms with Crippen molar-refractivity contribution in [1.82, 2.24) is 0 Å². The molecule has 0 aromatic rings. The van der Waals surface area contributed by atoms with E-state index < -0.39 is 0 Å². The molecule has 1 heterocycles. The Morgan fingerprint density at radius 1 is 1.56 bits per heavy atom. The Bertz CT molecular complexity index is 127. The molecule has 0 spiro atoms. The molecule has 2 unspecified atom stereocenters. The van der Waals surface area contributed by atoms with Crippen LogP contribution in [0.3, 0.4) is 0 Å². The van der Waals surface area contributed by atoms with Crippen LogP contribution in [0.2, 0.25) is 0 Å². The van der Waals surface area contributed by atoms with Gasteiger partial charge in [0.05, 0.1) is 12.4 Å². The van der Waals surface area contributed by atoms with Gasteiger partial charge in [0.1, 0.15) is 0 Å². The Morgan fingerprint density at radius 2 is 2.22 bits per heavy atom. The first-order valence-corrected chi connectivity index (χ1v) is 3.51.